The number of aromatic hydroxyl groups is 1. The molecule has 1 aromatic heterocycles. The first-order chi connectivity index (χ1) is 17.7. The van der Waals surface area contributed by atoms with E-state index in [1.807, 2.05) is 54.6 Å². The summed E-state index contributed by atoms with van der Waals surface area (Å²) in [6, 6.07) is 21.5. The number of esters is 1. The number of H-pyrrole nitrogens is 1. The van der Waals surface area contributed by atoms with Crippen molar-refractivity contribution in [2.45, 2.75) is 12.5 Å². The number of hydrogen-bond acceptors (Lipinski definition) is 7. The quantitative estimate of drug-likeness (QED) is 0.195. The molecule has 0 saturated carbocycles. The summed E-state index contributed by atoms with van der Waals surface area (Å²) in [5, 5.41) is 11.6. The third-order valence-electron chi connectivity index (χ3n) is 5.87. The van der Waals surface area contributed by atoms with Crippen LogP contribution in [0.2, 0.25) is 0 Å². The largest absolute Gasteiger partial charge is 0.494 e. The van der Waals surface area contributed by atoms with Gasteiger partial charge in [-0.2, -0.15) is 0 Å². The van der Waals surface area contributed by atoms with Crippen LogP contribution in [0.4, 0.5) is 5.69 Å². The van der Waals surface area contributed by atoms with Gasteiger partial charge in [-0.3, -0.25) is 0 Å². The number of aliphatic imine (C=N–C) groups is 1. The number of sulfonamides is 1. The number of benzene rings is 3. The molecule has 0 amide bonds. The predicted molar refractivity (Wildman–Crippen MR) is 144 cm³/mol. The van der Waals surface area contributed by atoms with E-state index in [-0.39, 0.29) is 18.5 Å². The Morgan fingerprint density at radius 1 is 1.08 bits per heavy atom. The Labute approximate surface area is 215 Å². The number of nitrogens with two attached hydrogens (primary N) is 1. The Morgan fingerprint density at radius 3 is 2.43 bits per heavy atom. The van der Waals surface area contributed by atoms with Crippen molar-refractivity contribution in [2.75, 3.05) is 19.9 Å². The van der Waals surface area contributed by atoms with Gasteiger partial charge in [0.25, 0.3) is 0 Å². The maximum absolute atomic E-state index is 12.0. The highest BCUT2D eigenvalue weighted by Crippen LogP contribution is 2.32. The van der Waals surface area contributed by atoms with Gasteiger partial charge >= 0.3 is 5.97 Å². The van der Waals surface area contributed by atoms with Crippen LogP contribution in [0.15, 0.2) is 77.8 Å². The second kappa shape index (κ2) is 11.0. The molecular formula is C27H28N4O5S. The molecule has 0 aliphatic rings. The number of nitrogens with one attached hydrogen (secondary N) is 2. The van der Waals surface area contributed by atoms with Crippen molar-refractivity contribution in [2.24, 2.45) is 10.7 Å². The highest BCUT2D eigenvalue weighted by atomic mass is 32.2. The summed E-state index contributed by atoms with van der Waals surface area (Å²) in [4.78, 5) is 19.8. The lowest BCUT2D eigenvalue weighted by Crippen LogP contribution is -2.26. The molecule has 3 aromatic carbocycles. The summed E-state index contributed by atoms with van der Waals surface area (Å²) in [7, 11) is -1.95. The fourth-order valence-corrected chi connectivity index (χ4v) is 4.51. The first kappa shape index (κ1) is 26.1. The first-order valence-corrected chi connectivity index (χ1v) is 13.4. The summed E-state index contributed by atoms with van der Waals surface area (Å²) in [5.74, 6) is -0.545. The van der Waals surface area contributed by atoms with Gasteiger partial charge in [-0.05, 0) is 36.2 Å². The van der Waals surface area contributed by atoms with Crippen molar-refractivity contribution < 1.29 is 23.1 Å². The molecule has 1 atom stereocenters. The summed E-state index contributed by atoms with van der Waals surface area (Å²) in [5.41, 5.74) is 10.5. The normalized spacial score (nSPS) is 13.0. The van der Waals surface area contributed by atoms with Crippen molar-refractivity contribution in [3.63, 3.8) is 0 Å². The van der Waals surface area contributed by atoms with Crippen LogP contribution in [0, 0.1) is 0 Å². The second-order valence-corrected chi connectivity index (χ2v) is 10.4. The minimum absolute atomic E-state index is 0.0726. The van der Waals surface area contributed by atoms with Crippen LogP contribution in [-0.2, 0) is 14.8 Å². The number of nitrogens with zero attached hydrogens (tertiary/aromatic N) is 1. The fourth-order valence-electron chi connectivity index (χ4n) is 4.02. The van der Waals surface area contributed by atoms with E-state index in [2.05, 4.69) is 9.71 Å². The highest BCUT2D eigenvalue weighted by molar-refractivity contribution is 7.88. The summed E-state index contributed by atoms with van der Waals surface area (Å²) in [6.07, 6.45) is 1.56. The Kier molecular flexibility index (Phi) is 7.72. The standard InChI is InChI=1S/C27H28N4O5S/c1-36-27(33)19-10-13-21-23(16-19)31-26(32)24(21)25(18-6-4-3-5-7-18)30-20-11-8-17(9-12-20)22(28)14-15-29-37(2,34)35/h3-13,16,22,29,31-32H,14-15,28H2,1-2H3. The summed E-state index contributed by atoms with van der Waals surface area (Å²) >= 11 is 0. The van der Waals surface area contributed by atoms with Crippen LogP contribution >= 0.6 is 0 Å². The maximum Gasteiger partial charge on any atom is 0.337 e. The molecule has 0 spiro atoms. The molecule has 10 heteroatoms. The van der Waals surface area contributed by atoms with Crippen molar-refractivity contribution in [1.29, 1.82) is 0 Å². The minimum atomic E-state index is -3.27. The average Bonchev–Trinajstić information content (AvgIpc) is 3.21. The maximum atomic E-state index is 12.0. The van der Waals surface area contributed by atoms with Crippen LogP contribution in [0.3, 0.4) is 0 Å². The zero-order valence-corrected chi connectivity index (χ0v) is 21.2. The number of methoxy groups -OCH3 is 1. The number of carbonyl (C=O) groups is 1. The molecule has 5 N–H and O–H groups in total. The molecule has 4 aromatic rings. The number of carbonyl (C=O) groups excluding carboxylic acids is 1. The molecule has 1 unspecified atom stereocenters. The Morgan fingerprint density at radius 2 is 1.78 bits per heavy atom. The lowest BCUT2D eigenvalue weighted by atomic mass is 10.00. The first-order valence-electron chi connectivity index (χ1n) is 11.5. The summed E-state index contributed by atoms with van der Waals surface area (Å²) < 4.78 is 29.8. The molecule has 0 aliphatic carbocycles. The van der Waals surface area contributed by atoms with E-state index in [1.165, 1.54) is 7.11 Å². The van der Waals surface area contributed by atoms with Crippen LogP contribution < -0.4 is 10.5 Å². The molecule has 0 radical (unpaired) electrons. The molecule has 0 saturated heterocycles. The molecule has 9 nitrogen and oxygen atoms in total. The van der Waals surface area contributed by atoms with Crippen LogP contribution in [0.5, 0.6) is 5.88 Å². The van der Waals surface area contributed by atoms with Crippen molar-refractivity contribution in [1.82, 2.24) is 9.71 Å². The van der Waals surface area contributed by atoms with Gasteiger partial charge in [-0.1, -0.05) is 48.5 Å². The molecule has 192 valence electrons. The smallest absolute Gasteiger partial charge is 0.337 e. The molecule has 0 bridgehead atoms. The van der Waals surface area contributed by atoms with E-state index in [1.54, 1.807) is 18.2 Å². The Hall–Kier alpha value is -3.99. The molecule has 37 heavy (non-hydrogen) atoms. The summed E-state index contributed by atoms with van der Waals surface area (Å²) in [6.45, 7) is 0.246. The minimum Gasteiger partial charge on any atom is -0.494 e. The van der Waals surface area contributed by atoms with E-state index in [9.17, 15) is 18.3 Å². The third kappa shape index (κ3) is 6.23. The Bertz CT molecular complexity index is 1550. The van der Waals surface area contributed by atoms with Crippen molar-refractivity contribution in [3.05, 3.63) is 95.1 Å². The van der Waals surface area contributed by atoms with E-state index in [4.69, 9.17) is 15.5 Å². The lowest BCUT2D eigenvalue weighted by molar-refractivity contribution is 0.0601. The lowest BCUT2D eigenvalue weighted by Gasteiger charge is -2.13. The van der Waals surface area contributed by atoms with Gasteiger partial charge in [0.2, 0.25) is 10.0 Å². The molecule has 4 rings (SSSR count). The van der Waals surface area contributed by atoms with Crippen molar-refractivity contribution >= 4 is 38.3 Å². The number of aromatic nitrogens is 1. The number of fused-ring (bicyclic) bond motifs is 1. The van der Waals surface area contributed by atoms with E-state index >= 15 is 0 Å². The Balaban J connectivity index is 1.70. The van der Waals surface area contributed by atoms with Gasteiger partial charge in [0.1, 0.15) is 0 Å². The highest BCUT2D eigenvalue weighted by Gasteiger charge is 2.20. The molecule has 1 heterocycles. The van der Waals surface area contributed by atoms with Gasteiger partial charge in [0.15, 0.2) is 5.88 Å². The fraction of sp³-hybridized carbons (Fsp3) is 0.185. The van der Waals surface area contributed by atoms with E-state index in [0.717, 1.165) is 17.4 Å². The second-order valence-electron chi connectivity index (χ2n) is 8.58. The van der Waals surface area contributed by atoms with E-state index in [0.29, 0.717) is 39.8 Å². The van der Waals surface area contributed by atoms with Crippen LogP contribution in [-0.4, -0.2) is 50.1 Å². The number of aromatic amines is 1. The SMILES string of the molecule is COC(=O)c1ccc2c(C(=Nc3ccc(C(N)CCNS(C)(=O)=O)cc3)c3ccccc3)c(O)[nH]c2c1. The van der Waals surface area contributed by atoms with Gasteiger partial charge in [-0.25, -0.2) is 22.9 Å². The van der Waals surface area contributed by atoms with Gasteiger partial charge in [-0.15, -0.1) is 0 Å². The number of rotatable bonds is 9. The molecule has 0 fully saturated rings. The zero-order chi connectivity index (χ0) is 26.6. The average molecular weight is 521 g/mol. The van der Waals surface area contributed by atoms with E-state index < -0.39 is 16.0 Å². The van der Waals surface area contributed by atoms with Gasteiger partial charge < -0.3 is 20.6 Å². The third-order valence-corrected chi connectivity index (χ3v) is 6.59. The topological polar surface area (TPSA) is 147 Å². The molecular weight excluding hydrogens is 492 g/mol. The number of hydrogen-bond donors (Lipinski definition) is 4. The molecule has 0 aliphatic heterocycles. The van der Waals surface area contributed by atoms with Gasteiger partial charge in [0.05, 0.1) is 35.9 Å². The predicted octanol–water partition coefficient (Wildman–Crippen LogP) is 3.77. The van der Waals surface area contributed by atoms with Crippen molar-refractivity contribution in [3.8, 4) is 5.88 Å². The monoisotopic (exact) mass is 520 g/mol. The van der Waals surface area contributed by atoms with Crippen LogP contribution in [0.25, 0.3) is 10.9 Å². The number of ether oxygens (including phenoxy) is 1. The zero-order valence-electron chi connectivity index (χ0n) is 20.4. The van der Waals surface area contributed by atoms with Gasteiger partial charge in [0, 0.05) is 29.1 Å². The van der Waals surface area contributed by atoms with Crippen LogP contribution in [0.1, 0.15) is 39.5 Å².